The molecule has 1 heterocycles. The summed E-state index contributed by atoms with van der Waals surface area (Å²) in [6.45, 7) is 8.55. The fraction of sp³-hybridized carbons (Fsp3) is 0.333. The number of esters is 1. The Morgan fingerprint density at radius 1 is 1.00 bits per heavy atom. The van der Waals surface area contributed by atoms with E-state index in [0.717, 1.165) is 37.4 Å². The monoisotopic (exact) mass is 589 g/mol. The highest BCUT2D eigenvalue weighted by Crippen LogP contribution is 2.37. The number of methoxy groups -OCH3 is 1. The molecule has 3 aromatic rings. The highest BCUT2D eigenvalue weighted by molar-refractivity contribution is 9.10. The number of rotatable bonds is 4. The molecule has 0 unspecified atom stereocenters. The van der Waals surface area contributed by atoms with Crippen LogP contribution in [0.25, 0.3) is 16.5 Å². The first-order valence-corrected chi connectivity index (χ1v) is 12.7. The van der Waals surface area contributed by atoms with Crippen molar-refractivity contribution in [2.45, 2.75) is 40.0 Å². The maximum atomic E-state index is 11.9. The number of carboxylic acids is 1. The van der Waals surface area contributed by atoms with Gasteiger partial charge >= 0.3 is 11.9 Å². The number of nitrogens with zero attached hydrogens (tertiary/aromatic N) is 1. The van der Waals surface area contributed by atoms with E-state index in [0.29, 0.717) is 23.0 Å². The van der Waals surface area contributed by atoms with Gasteiger partial charge in [-0.15, -0.1) is 0 Å². The number of aryl methyl sites for hydroxylation is 1. The van der Waals surface area contributed by atoms with Crippen LogP contribution in [0.2, 0.25) is 0 Å². The Balaban J connectivity index is 0.000000192. The van der Waals surface area contributed by atoms with Crippen molar-refractivity contribution in [1.29, 1.82) is 0 Å². The summed E-state index contributed by atoms with van der Waals surface area (Å²) in [4.78, 5) is 23.0. The van der Waals surface area contributed by atoms with Gasteiger partial charge in [0, 0.05) is 27.6 Å². The van der Waals surface area contributed by atoms with Gasteiger partial charge in [-0.1, -0.05) is 65.6 Å². The Kier molecular flexibility index (Phi) is 8.09. The van der Waals surface area contributed by atoms with Crippen LogP contribution >= 0.6 is 31.9 Å². The molecule has 0 spiro atoms. The van der Waals surface area contributed by atoms with E-state index in [1.807, 2.05) is 17.7 Å². The van der Waals surface area contributed by atoms with Crippen LogP contribution in [0.3, 0.4) is 0 Å². The second-order valence-corrected chi connectivity index (χ2v) is 10.8. The smallest absolute Gasteiger partial charge is 0.340 e. The third-order valence-electron chi connectivity index (χ3n) is 6.00. The molecule has 2 aromatic carbocycles. The maximum Gasteiger partial charge on any atom is 0.340 e. The molecule has 0 bridgehead atoms. The number of aromatic nitrogens is 1. The maximum absolute atomic E-state index is 11.9. The summed E-state index contributed by atoms with van der Waals surface area (Å²) in [5.41, 5.74) is 6.44. The molecule has 0 saturated carbocycles. The Hall–Kier alpha value is -2.38. The lowest BCUT2D eigenvalue weighted by Gasteiger charge is -2.11. The van der Waals surface area contributed by atoms with Crippen LogP contribution in [0.4, 0.5) is 0 Å². The molecule has 0 fully saturated rings. The molecular weight excluding hydrogens is 562 g/mol. The lowest BCUT2D eigenvalue weighted by Crippen LogP contribution is -2.04. The van der Waals surface area contributed by atoms with Crippen LogP contribution in [0, 0.1) is 5.92 Å². The quantitative estimate of drug-likeness (QED) is 0.318. The summed E-state index contributed by atoms with van der Waals surface area (Å²) in [6, 6.07) is 7.55. The predicted molar refractivity (Wildman–Crippen MR) is 144 cm³/mol. The fourth-order valence-electron chi connectivity index (χ4n) is 4.44. The number of ether oxygens (including phenoxy) is 1. The van der Waals surface area contributed by atoms with Gasteiger partial charge in [-0.25, -0.2) is 9.59 Å². The number of fused-ring (bicyclic) bond motifs is 2. The zero-order chi connectivity index (χ0) is 25.3. The first-order chi connectivity index (χ1) is 16.0. The number of halogens is 2. The highest BCUT2D eigenvalue weighted by Gasteiger charge is 2.23. The SMILES string of the molecule is CC(C)C1=CCc2c(C(=O)O)cc(Br)cc21.COC(=O)c1cc(Br)cc2c(C(C)C)cn(C)c12. The van der Waals surface area contributed by atoms with Crippen molar-refractivity contribution in [2.75, 3.05) is 7.11 Å². The second-order valence-electron chi connectivity index (χ2n) is 8.99. The largest absolute Gasteiger partial charge is 0.478 e. The highest BCUT2D eigenvalue weighted by atomic mass is 79.9. The predicted octanol–water partition coefficient (Wildman–Crippen LogP) is 7.59. The lowest BCUT2D eigenvalue weighted by molar-refractivity contribution is 0.0601. The van der Waals surface area contributed by atoms with Gasteiger partial charge in [0.2, 0.25) is 0 Å². The summed E-state index contributed by atoms with van der Waals surface area (Å²) in [5.74, 6) is -0.320. The van der Waals surface area contributed by atoms with Crippen LogP contribution < -0.4 is 0 Å². The van der Waals surface area contributed by atoms with Crippen LogP contribution in [-0.4, -0.2) is 28.7 Å². The lowest BCUT2D eigenvalue weighted by atomic mass is 9.94. The molecule has 0 aliphatic heterocycles. The van der Waals surface area contributed by atoms with E-state index in [4.69, 9.17) is 9.84 Å². The third-order valence-corrected chi connectivity index (χ3v) is 6.92. The molecule has 1 N–H and O–H groups in total. The van der Waals surface area contributed by atoms with Gasteiger partial charge in [-0.3, -0.25) is 0 Å². The number of benzene rings is 2. The summed E-state index contributed by atoms with van der Waals surface area (Å²) in [5, 5.41) is 10.3. The molecule has 7 heteroatoms. The minimum Gasteiger partial charge on any atom is -0.478 e. The summed E-state index contributed by atoms with van der Waals surface area (Å²) in [6.07, 6.45) is 4.94. The van der Waals surface area contributed by atoms with Gasteiger partial charge in [0.1, 0.15) is 0 Å². The molecule has 1 aromatic heterocycles. The van der Waals surface area contributed by atoms with E-state index in [1.54, 1.807) is 12.1 Å². The van der Waals surface area contributed by atoms with E-state index >= 15 is 0 Å². The van der Waals surface area contributed by atoms with Crippen LogP contribution in [0.1, 0.15) is 71.0 Å². The zero-order valence-corrected chi connectivity index (χ0v) is 23.4. The van der Waals surface area contributed by atoms with Crippen molar-refractivity contribution in [3.63, 3.8) is 0 Å². The standard InChI is InChI=1S/C14H16BrNO2.C13H13BrO2/c1-8(2)12-7-16(3)13-10(12)5-9(15)6-11(13)14(17)18-4;1-7(2)9-3-4-10-11(9)5-8(14)6-12(10)13(15)16/h5-8H,1-4H3;3,5-7H,4H2,1-2H3,(H,15,16). The first-order valence-electron chi connectivity index (χ1n) is 11.1. The van der Waals surface area contributed by atoms with E-state index in [1.165, 1.54) is 18.2 Å². The van der Waals surface area contributed by atoms with E-state index in [9.17, 15) is 9.59 Å². The topological polar surface area (TPSA) is 68.5 Å². The average Bonchev–Trinajstić information content (AvgIpc) is 3.33. The Morgan fingerprint density at radius 2 is 1.62 bits per heavy atom. The zero-order valence-electron chi connectivity index (χ0n) is 20.2. The van der Waals surface area contributed by atoms with Gasteiger partial charge in [0.05, 0.1) is 23.8 Å². The number of hydrogen-bond donors (Lipinski definition) is 1. The van der Waals surface area contributed by atoms with Crippen LogP contribution in [0.5, 0.6) is 0 Å². The summed E-state index contributed by atoms with van der Waals surface area (Å²) >= 11 is 6.83. The number of carboxylic acid groups (broad SMARTS) is 1. The summed E-state index contributed by atoms with van der Waals surface area (Å²) in [7, 11) is 3.36. The van der Waals surface area contributed by atoms with Crippen molar-refractivity contribution in [3.8, 4) is 0 Å². The first kappa shape index (κ1) is 26.2. The van der Waals surface area contributed by atoms with Gasteiger partial charge < -0.3 is 14.4 Å². The molecule has 0 radical (unpaired) electrons. The normalized spacial score (nSPS) is 12.5. The molecule has 0 amide bonds. The average molecular weight is 591 g/mol. The minimum absolute atomic E-state index is 0.308. The molecule has 4 rings (SSSR count). The Morgan fingerprint density at radius 3 is 2.18 bits per heavy atom. The van der Waals surface area contributed by atoms with Crippen LogP contribution in [-0.2, 0) is 18.2 Å². The molecule has 5 nitrogen and oxygen atoms in total. The van der Waals surface area contributed by atoms with Crippen molar-refractivity contribution >= 4 is 60.3 Å². The van der Waals surface area contributed by atoms with Crippen LogP contribution in [0.15, 0.2) is 45.5 Å². The molecule has 0 saturated heterocycles. The molecule has 1 aliphatic carbocycles. The van der Waals surface area contributed by atoms with E-state index in [2.05, 4.69) is 77.9 Å². The third kappa shape index (κ3) is 5.15. The second kappa shape index (κ2) is 10.5. The van der Waals surface area contributed by atoms with Crippen molar-refractivity contribution in [2.24, 2.45) is 13.0 Å². The van der Waals surface area contributed by atoms with Crippen molar-refractivity contribution in [1.82, 2.24) is 4.57 Å². The van der Waals surface area contributed by atoms with Crippen molar-refractivity contribution < 1.29 is 19.4 Å². The molecule has 180 valence electrons. The van der Waals surface area contributed by atoms with Gasteiger partial charge in [0.25, 0.3) is 0 Å². The molecule has 1 aliphatic rings. The van der Waals surface area contributed by atoms with Gasteiger partial charge in [0.15, 0.2) is 0 Å². The van der Waals surface area contributed by atoms with Gasteiger partial charge in [-0.2, -0.15) is 0 Å². The minimum atomic E-state index is -0.851. The fourth-order valence-corrected chi connectivity index (χ4v) is 5.36. The Labute approximate surface area is 217 Å². The van der Waals surface area contributed by atoms with E-state index < -0.39 is 5.97 Å². The van der Waals surface area contributed by atoms with Gasteiger partial charge in [-0.05, 0) is 64.8 Å². The number of carbonyl (C=O) groups excluding carboxylic acids is 1. The summed E-state index contributed by atoms with van der Waals surface area (Å²) < 4.78 is 8.56. The van der Waals surface area contributed by atoms with Crippen molar-refractivity contribution in [3.05, 3.63) is 73.3 Å². The van der Waals surface area contributed by atoms with E-state index in [-0.39, 0.29) is 5.97 Å². The molecule has 34 heavy (non-hydrogen) atoms. The number of hydrogen-bond acceptors (Lipinski definition) is 3. The number of carbonyl (C=O) groups is 2. The number of allylic oxidation sites excluding steroid dienone is 2. The molecule has 0 atom stereocenters. The molecular formula is C27H29Br2NO4. The number of aromatic carboxylic acids is 1. The Bertz CT molecular complexity index is 1300.